The molecule has 0 aliphatic rings. The van der Waals surface area contributed by atoms with Gasteiger partial charge >= 0.3 is 0 Å². The number of hydrogen-bond donors (Lipinski definition) is 1. The summed E-state index contributed by atoms with van der Waals surface area (Å²) in [5.74, 6) is 0.642. The molecule has 4 heteroatoms. The van der Waals surface area contributed by atoms with Gasteiger partial charge in [0, 0.05) is 17.1 Å². The van der Waals surface area contributed by atoms with Crippen molar-refractivity contribution in [2.24, 2.45) is 0 Å². The number of ether oxygens (including phenoxy) is 1. The molecule has 1 N–H and O–H groups in total. The van der Waals surface area contributed by atoms with Gasteiger partial charge in [-0.05, 0) is 37.6 Å². The van der Waals surface area contributed by atoms with Crippen molar-refractivity contribution in [3.05, 3.63) is 53.2 Å². The number of benzene rings is 1. The predicted octanol–water partition coefficient (Wildman–Crippen LogP) is 4.31. The van der Waals surface area contributed by atoms with Crippen molar-refractivity contribution < 1.29 is 4.74 Å². The number of nitrogens with one attached hydrogen (secondary N) is 1. The van der Waals surface area contributed by atoms with Crippen LogP contribution in [0.1, 0.15) is 25.5 Å². The van der Waals surface area contributed by atoms with E-state index in [1.165, 1.54) is 0 Å². The second-order valence-electron chi connectivity index (χ2n) is 4.24. The molecule has 0 aliphatic carbocycles. The first-order valence-corrected chi connectivity index (χ1v) is 6.67. The zero-order valence-corrected chi connectivity index (χ0v) is 11.8. The Kier molecular flexibility index (Phi) is 4.63. The Morgan fingerprint density at radius 2 is 2.16 bits per heavy atom. The number of rotatable bonds is 5. The minimum Gasteiger partial charge on any atom is -0.478 e. The SMILES string of the molecule is CCOc1ccc(NC(C)c2cccc(Cl)c2)cn1. The molecule has 0 fully saturated rings. The van der Waals surface area contributed by atoms with Crippen LogP contribution >= 0.6 is 11.6 Å². The number of halogens is 1. The van der Waals surface area contributed by atoms with Gasteiger partial charge in [0.25, 0.3) is 0 Å². The van der Waals surface area contributed by atoms with Crippen LogP contribution in [0.4, 0.5) is 5.69 Å². The van der Waals surface area contributed by atoms with Gasteiger partial charge in [0.1, 0.15) is 0 Å². The Hall–Kier alpha value is -1.74. The van der Waals surface area contributed by atoms with Gasteiger partial charge in [-0.2, -0.15) is 0 Å². The highest BCUT2D eigenvalue weighted by Gasteiger charge is 2.06. The lowest BCUT2D eigenvalue weighted by molar-refractivity contribution is 0.327. The number of hydrogen-bond acceptors (Lipinski definition) is 3. The second-order valence-corrected chi connectivity index (χ2v) is 4.68. The van der Waals surface area contributed by atoms with E-state index in [0.717, 1.165) is 16.3 Å². The van der Waals surface area contributed by atoms with Crippen LogP contribution in [0.15, 0.2) is 42.6 Å². The van der Waals surface area contributed by atoms with Crippen molar-refractivity contribution in [2.75, 3.05) is 11.9 Å². The Labute approximate surface area is 118 Å². The summed E-state index contributed by atoms with van der Waals surface area (Å²) in [5, 5.41) is 4.12. The van der Waals surface area contributed by atoms with E-state index in [4.69, 9.17) is 16.3 Å². The molecule has 0 spiro atoms. The van der Waals surface area contributed by atoms with E-state index in [1.807, 2.05) is 43.3 Å². The fourth-order valence-corrected chi connectivity index (χ4v) is 2.01. The van der Waals surface area contributed by atoms with Gasteiger partial charge in [0.15, 0.2) is 0 Å². The summed E-state index contributed by atoms with van der Waals surface area (Å²) >= 11 is 5.99. The molecule has 1 unspecified atom stereocenters. The van der Waals surface area contributed by atoms with E-state index in [2.05, 4.69) is 17.2 Å². The summed E-state index contributed by atoms with van der Waals surface area (Å²) < 4.78 is 5.31. The Morgan fingerprint density at radius 3 is 2.79 bits per heavy atom. The molecule has 1 aromatic carbocycles. The largest absolute Gasteiger partial charge is 0.478 e. The molecule has 0 saturated heterocycles. The average molecular weight is 277 g/mol. The van der Waals surface area contributed by atoms with Crippen LogP contribution in [-0.2, 0) is 0 Å². The molecule has 1 atom stereocenters. The van der Waals surface area contributed by atoms with Crippen LogP contribution in [0.3, 0.4) is 0 Å². The third-order valence-corrected chi connectivity index (χ3v) is 3.00. The van der Waals surface area contributed by atoms with Crippen LogP contribution in [0, 0.1) is 0 Å². The van der Waals surface area contributed by atoms with Crippen molar-refractivity contribution >= 4 is 17.3 Å². The Morgan fingerprint density at radius 1 is 1.32 bits per heavy atom. The highest BCUT2D eigenvalue weighted by Crippen LogP contribution is 2.22. The number of anilines is 1. The van der Waals surface area contributed by atoms with Gasteiger partial charge in [0.05, 0.1) is 18.5 Å². The number of pyridine rings is 1. The summed E-state index contributed by atoms with van der Waals surface area (Å²) in [7, 11) is 0. The van der Waals surface area contributed by atoms with Crippen LogP contribution in [0.2, 0.25) is 5.02 Å². The lowest BCUT2D eigenvalue weighted by atomic mass is 10.1. The first kappa shape index (κ1) is 13.7. The minimum atomic E-state index is 0.165. The second kappa shape index (κ2) is 6.43. The molecule has 0 bridgehead atoms. The molecule has 0 amide bonds. The van der Waals surface area contributed by atoms with Gasteiger partial charge in [-0.15, -0.1) is 0 Å². The zero-order chi connectivity index (χ0) is 13.7. The van der Waals surface area contributed by atoms with Crippen molar-refractivity contribution in [3.8, 4) is 5.88 Å². The maximum absolute atomic E-state index is 5.99. The highest BCUT2D eigenvalue weighted by molar-refractivity contribution is 6.30. The number of nitrogens with zero attached hydrogens (tertiary/aromatic N) is 1. The van der Waals surface area contributed by atoms with E-state index >= 15 is 0 Å². The maximum atomic E-state index is 5.99. The molecule has 1 heterocycles. The first-order chi connectivity index (χ1) is 9.19. The number of aromatic nitrogens is 1. The molecule has 3 nitrogen and oxygen atoms in total. The molecule has 2 aromatic rings. The van der Waals surface area contributed by atoms with Crippen LogP contribution in [0.25, 0.3) is 0 Å². The highest BCUT2D eigenvalue weighted by atomic mass is 35.5. The molecule has 2 rings (SSSR count). The lowest BCUT2D eigenvalue weighted by Gasteiger charge is -2.16. The summed E-state index contributed by atoms with van der Waals surface area (Å²) in [6, 6.07) is 11.8. The Balaban J connectivity index is 2.04. The van der Waals surface area contributed by atoms with E-state index in [-0.39, 0.29) is 6.04 Å². The van der Waals surface area contributed by atoms with Crippen LogP contribution in [-0.4, -0.2) is 11.6 Å². The Bertz CT molecular complexity index is 528. The van der Waals surface area contributed by atoms with Gasteiger partial charge < -0.3 is 10.1 Å². The lowest BCUT2D eigenvalue weighted by Crippen LogP contribution is -2.06. The fraction of sp³-hybridized carbons (Fsp3) is 0.267. The zero-order valence-electron chi connectivity index (χ0n) is 11.1. The molecule has 0 aliphatic heterocycles. The van der Waals surface area contributed by atoms with E-state index in [1.54, 1.807) is 6.20 Å². The topological polar surface area (TPSA) is 34.1 Å². The minimum absolute atomic E-state index is 0.165. The van der Waals surface area contributed by atoms with Gasteiger partial charge in [-0.1, -0.05) is 23.7 Å². The third kappa shape index (κ3) is 3.86. The summed E-state index contributed by atoms with van der Waals surface area (Å²) in [5.41, 5.74) is 2.09. The van der Waals surface area contributed by atoms with Crippen molar-refractivity contribution in [1.29, 1.82) is 0 Å². The fourth-order valence-electron chi connectivity index (χ4n) is 1.81. The third-order valence-electron chi connectivity index (χ3n) is 2.76. The predicted molar refractivity (Wildman–Crippen MR) is 78.9 cm³/mol. The van der Waals surface area contributed by atoms with Crippen molar-refractivity contribution in [3.63, 3.8) is 0 Å². The summed E-state index contributed by atoms with van der Waals surface area (Å²) in [6.07, 6.45) is 1.77. The van der Waals surface area contributed by atoms with Gasteiger partial charge in [-0.3, -0.25) is 0 Å². The molecule has 1 aromatic heterocycles. The van der Waals surface area contributed by atoms with Crippen molar-refractivity contribution in [2.45, 2.75) is 19.9 Å². The first-order valence-electron chi connectivity index (χ1n) is 6.30. The van der Waals surface area contributed by atoms with E-state index < -0.39 is 0 Å². The smallest absolute Gasteiger partial charge is 0.213 e. The quantitative estimate of drug-likeness (QED) is 0.884. The summed E-state index contributed by atoms with van der Waals surface area (Å²) in [4.78, 5) is 4.22. The summed E-state index contributed by atoms with van der Waals surface area (Å²) in [6.45, 7) is 4.65. The van der Waals surface area contributed by atoms with Crippen LogP contribution in [0.5, 0.6) is 5.88 Å². The maximum Gasteiger partial charge on any atom is 0.213 e. The molecule has 0 radical (unpaired) electrons. The standard InChI is InChI=1S/C15H17ClN2O/c1-3-19-15-8-7-14(10-17-15)18-11(2)12-5-4-6-13(16)9-12/h4-11,18H,3H2,1-2H3. The van der Waals surface area contributed by atoms with Gasteiger partial charge in [0.2, 0.25) is 5.88 Å². The molecule has 100 valence electrons. The average Bonchev–Trinajstić information content (AvgIpc) is 2.41. The molecule has 0 saturated carbocycles. The molecular weight excluding hydrogens is 260 g/mol. The van der Waals surface area contributed by atoms with Crippen molar-refractivity contribution in [1.82, 2.24) is 4.98 Å². The monoisotopic (exact) mass is 276 g/mol. The van der Waals surface area contributed by atoms with Gasteiger partial charge in [-0.25, -0.2) is 4.98 Å². The normalized spacial score (nSPS) is 11.9. The molecular formula is C15H17ClN2O. The van der Waals surface area contributed by atoms with E-state index in [9.17, 15) is 0 Å². The molecule has 19 heavy (non-hydrogen) atoms. The van der Waals surface area contributed by atoms with E-state index in [0.29, 0.717) is 12.5 Å². The van der Waals surface area contributed by atoms with Crippen LogP contribution < -0.4 is 10.1 Å².